The summed E-state index contributed by atoms with van der Waals surface area (Å²) in [5.74, 6) is -3.71. The molecule has 264 valence electrons. The van der Waals surface area contributed by atoms with Gasteiger partial charge in [0.2, 0.25) is 5.82 Å². The van der Waals surface area contributed by atoms with Crippen molar-refractivity contribution in [2.45, 2.75) is 71.8 Å². The second kappa shape index (κ2) is 17.2. The molecule has 2 rings (SSSR count). The second-order valence-corrected chi connectivity index (χ2v) is 12.0. The number of hydrogen-bond donors (Lipinski definition) is 6. The predicted molar refractivity (Wildman–Crippen MR) is 169 cm³/mol. The maximum Gasteiger partial charge on any atom is 0.408 e. The second-order valence-electron chi connectivity index (χ2n) is 12.0. The molecule has 18 nitrogen and oxygen atoms in total. The van der Waals surface area contributed by atoms with Crippen molar-refractivity contribution in [2.75, 3.05) is 23.7 Å². The first kappa shape index (κ1) is 40.3. The average molecular weight is 683 g/mol. The van der Waals surface area contributed by atoms with E-state index in [2.05, 4.69) is 21.3 Å². The van der Waals surface area contributed by atoms with Crippen molar-refractivity contribution >= 4 is 46.9 Å². The summed E-state index contributed by atoms with van der Waals surface area (Å²) in [7, 11) is 0. The van der Waals surface area contributed by atoms with Crippen LogP contribution in [0.25, 0.3) is 0 Å². The third-order valence-corrected chi connectivity index (χ3v) is 5.46. The predicted octanol–water partition coefficient (Wildman–Crippen LogP) is 4.42. The van der Waals surface area contributed by atoms with Gasteiger partial charge in [0.15, 0.2) is 0 Å². The number of carbonyl (C=O) groups excluding carboxylic acids is 2. The van der Waals surface area contributed by atoms with Crippen LogP contribution in [0.4, 0.5) is 36.7 Å². The van der Waals surface area contributed by atoms with Crippen LogP contribution in [-0.2, 0) is 19.1 Å². The first-order valence-electron chi connectivity index (χ1n) is 14.1. The van der Waals surface area contributed by atoms with Gasteiger partial charge in [0.1, 0.15) is 34.7 Å². The number of aryl methyl sites for hydroxylation is 1. The minimum absolute atomic E-state index is 0.162. The Morgan fingerprint density at radius 2 is 1.23 bits per heavy atom. The summed E-state index contributed by atoms with van der Waals surface area (Å²) >= 11 is 0. The van der Waals surface area contributed by atoms with Gasteiger partial charge in [-0.15, -0.1) is 0 Å². The summed E-state index contributed by atoms with van der Waals surface area (Å²) in [5.41, 5.74) is -2.18. The maximum atomic E-state index is 13.8. The lowest BCUT2D eigenvalue weighted by atomic mass is 10.1. The van der Waals surface area contributed by atoms with Crippen LogP contribution < -0.4 is 21.3 Å². The topological polar surface area (TPSA) is 262 Å². The van der Waals surface area contributed by atoms with E-state index in [-0.39, 0.29) is 23.6 Å². The number of rotatable bonds is 12. The van der Waals surface area contributed by atoms with Gasteiger partial charge in [-0.05, 0) is 72.2 Å². The Hall–Kier alpha value is -5.75. The van der Waals surface area contributed by atoms with Crippen LogP contribution in [0.5, 0.6) is 0 Å². The van der Waals surface area contributed by atoms with Crippen LogP contribution in [0, 0.1) is 33.0 Å². The minimum Gasteiger partial charge on any atom is -0.480 e. The molecule has 2 aromatic carbocycles. The van der Waals surface area contributed by atoms with Crippen molar-refractivity contribution in [3.63, 3.8) is 0 Å². The SMILES string of the molecule is CC(C)(C)OC(=O)N[C@@H](CNc1ccccc1[N+](=O)[O-])C(=O)O.Cc1cc(F)c([N+](=O)[O-])c(NC[C@H](NC(=O)OC(C)(C)C)C(=O)O)c1. The van der Waals surface area contributed by atoms with E-state index in [1.54, 1.807) is 47.6 Å². The highest BCUT2D eigenvalue weighted by atomic mass is 19.1. The number of anilines is 2. The molecule has 0 saturated carbocycles. The number of ether oxygens (including phenoxy) is 2. The molecule has 0 aliphatic rings. The molecular formula is C29H39FN6O12. The van der Waals surface area contributed by atoms with Crippen molar-refractivity contribution < 1.29 is 53.1 Å². The fourth-order valence-electron chi connectivity index (χ4n) is 3.56. The zero-order valence-corrected chi connectivity index (χ0v) is 27.3. The Kier molecular flexibility index (Phi) is 14.5. The normalized spacial score (nSPS) is 12.2. The van der Waals surface area contributed by atoms with Crippen LogP contribution in [0.1, 0.15) is 47.1 Å². The number of carboxylic acids is 2. The number of carboxylic acid groups (broad SMARTS) is 2. The van der Waals surface area contributed by atoms with E-state index in [0.29, 0.717) is 5.56 Å². The van der Waals surface area contributed by atoms with Crippen molar-refractivity contribution in [3.8, 4) is 0 Å². The number of amides is 2. The number of nitrogens with one attached hydrogen (secondary N) is 4. The zero-order valence-electron chi connectivity index (χ0n) is 27.3. The fraction of sp³-hybridized carbons (Fsp3) is 0.448. The summed E-state index contributed by atoms with van der Waals surface area (Å²) < 4.78 is 23.7. The number of carbonyl (C=O) groups is 4. The number of nitro groups is 2. The number of hydrogen-bond acceptors (Lipinski definition) is 12. The van der Waals surface area contributed by atoms with Crippen molar-refractivity contribution in [2.24, 2.45) is 0 Å². The monoisotopic (exact) mass is 682 g/mol. The zero-order chi connectivity index (χ0) is 37.0. The molecule has 48 heavy (non-hydrogen) atoms. The summed E-state index contributed by atoms with van der Waals surface area (Å²) in [6.45, 7) is 10.7. The highest BCUT2D eigenvalue weighted by Gasteiger charge is 2.27. The summed E-state index contributed by atoms with van der Waals surface area (Å²) in [6, 6.07) is 5.39. The molecule has 2 atom stereocenters. The lowest BCUT2D eigenvalue weighted by Gasteiger charge is -2.22. The van der Waals surface area contributed by atoms with Gasteiger partial charge in [0.25, 0.3) is 5.69 Å². The third-order valence-electron chi connectivity index (χ3n) is 5.46. The van der Waals surface area contributed by atoms with Gasteiger partial charge in [-0.3, -0.25) is 20.2 Å². The van der Waals surface area contributed by atoms with Gasteiger partial charge in [0, 0.05) is 19.2 Å². The highest BCUT2D eigenvalue weighted by Crippen LogP contribution is 2.29. The number of aliphatic carboxylic acids is 2. The van der Waals surface area contributed by atoms with E-state index in [4.69, 9.17) is 19.7 Å². The maximum absolute atomic E-state index is 13.8. The molecule has 19 heteroatoms. The number of benzene rings is 2. The molecule has 2 aromatic rings. The van der Waals surface area contributed by atoms with Crippen molar-refractivity contribution in [1.29, 1.82) is 0 Å². The molecule has 2 amide bonds. The van der Waals surface area contributed by atoms with Gasteiger partial charge in [-0.1, -0.05) is 12.1 Å². The van der Waals surface area contributed by atoms with Gasteiger partial charge >= 0.3 is 29.8 Å². The molecule has 0 aromatic heterocycles. The van der Waals surface area contributed by atoms with Crippen LogP contribution in [0.15, 0.2) is 36.4 Å². The molecule has 0 heterocycles. The number of alkyl carbamates (subject to hydrolysis) is 2. The molecule has 0 saturated heterocycles. The van der Waals surface area contributed by atoms with E-state index in [1.165, 1.54) is 31.2 Å². The minimum atomic E-state index is -1.43. The Balaban J connectivity index is 0.000000482. The molecule has 0 aliphatic heterocycles. The Labute approximate surface area is 274 Å². The lowest BCUT2D eigenvalue weighted by molar-refractivity contribution is -0.386. The number of nitrogens with zero attached hydrogens (tertiary/aromatic N) is 2. The van der Waals surface area contributed by atoms with E-state index in [1.807, 2.05) is 0 Å². The Morgan fingerprint density at radius 3 is 1.62 bits per heavy atom. The molecular weight excluding hydrogens is 643 g/mol. The van der Waals surface area contributed by atoms with Crippen molar-refractivity contribution in [3.05, 3.63) is 68.0 Å². The molecule has 0 spiro atoms. The van der Waals surface area contributed by atoms with Gasteiger partial charge in [-0.25, -0.2) is 19.2 Å². The average Bonchev–Trinajstić information content (AvgIpc) is 2.90. The Bertz CT molecular complexity index is 1510. The number of para-hydroxylation sites is 2. The Morgan fingerprint density at radius 1 is 0.792 bits per heavy atom. The van der Waals surface area contributed by atoms with Crippen LogP contribution >= 0.6 is 0 Å². The van der Waals surface area contributed by atoms with Crippen LogP contribution in [-0.4, -0.2) is 80.6 Å². The highest BCUT2D eigenvalue weighted by molar-refractivity contribution is 5.81. The fourth-order valence-corrected chi connectivity index (χ4v) is 3.56. The van der Waals surface area contributed by atoms with Crippen molar-refractivity contribution in [1.82, 2.24) is 10.6 Å². The molecule has 0 radical (unpaired) electrons. The van der Waals surface area contributed by atoms with Crippen LogP contribution in [0.3, 0.4) is 0 Å². The number of halogens is 1. The molecule has 0 aliphatic carbocycles. The molecule has 0 fully saturated rings. The summed E-state index contributed by atoms with van der Waals surface area (Å²) in [6.07, 6.45) is -1.83. The smallest absolute Gasteiger partial charge is 0.408 e. The van der Waals surface area contributed by atoms with E-state index in [0.717, 1.165) is 6.07 Å². The lowest BCUT2D eigenvalue weighted by Crippen LogP contribution is -2.47. The summed E-state index contributed by atoms with van der Waals surface area (Å²) in [4.78, 5) is 66.1. The van der Waals surface area contributed by atoms with Gasteiger partial charge < -0.3 is 41.0 Å². The largest absolute Gasteiger partial charge is 0.480 e. The van der Waals surface area contributed by atoms with E-state index >= 15 is 0 Å². The first-order chi connectivity index (χ1) is 22.0. The van der Waals surface area contributed by atoms with Gasteiger partial charge in [-0.2, -0.15) is 4.39 Å². The third kappa shape index (κ3) is 14.6. The van der Waals surface area contributed by atoms with Crippen LogP contribution in [0.2, 0.25) is 0 Å². The van der Waals surface area contributed by atoms with E-state index < -0.39 is 75.3 Å². The van der Waals surface area contributed by atoms with E-state index in [9.17, 15) is 43.8 Å². The molecule has 0 bridgehead atoms. The quantitative estimate of drug-likeness (QED) is 0.134. The van der Waals surface area contributed by atoms with Gasteiger partial charge in [0.05, 0.1) is 9.85 Å². The molecule has 0 unspecified atom stereocenters. The first-order valence-corrected chi connectivity index (χ1v) is 14.1. The standard InChI is InChI=1S/C15H20FN3O6.C14H19N3O6/c1-8-5-9(16)12(19(23)24)10(6-8)17-7-11(13(20)21)18-14(22)25-15(2,3)4;1-14(2,3)23-13(20)16-10(12(18)19)8-15-9-6-4-5-7-11(9)17(21)22/h5-6,11,17H,7H2,1-4H3,(H,18,22)(H,20,21);4-7,10,15H,8H2,1-3H3,(H,16,20)(H,18,19)/t11-;10-/m00/s1. The number of nitro benzene ring substituents is 2. The molecule has 6 N–H and O–H groups in total. The summed E-state index contributed by atoms with van der Waals surface area (Å²) in [5, 5.41) is 49.7.